The van der Waals surface area contributed by atoms with Crippen LogP contribution in [0.25, 0.3) is 11.3 Å². The summed E-state index contributed by atoms with van der Waals surface area (Å²) >= 11 is 0. The van der Waals surface area contributed by atoms with Crippen molar-refractivity contribution in [1.82, 2.24) is 15.3 Å². The number of aryl methyl sites for hydroxylation is 1. The fourth-order valence-corrected chi connectivity index (χ4v) is 3.94. The van der Waals surface area contributed by atoms with E-state index in [1.807, 2.05) is 19.2 Å². The Kier molecular flexibility index (Phi) is 6.30. The first kappa shape index (κ1) is 21.0. The van der Waals surface area contributed by atoms with Gasteiger partial charge in [-0.3, -0.25) is 4.98 Å². The van der Waals surface area contributed by atoms with E-state index in [1.54, 1.807) is 6.34 Å². The number of aliphatic imine (C=N–C) groups is 2. The average Bonchev–Trinajstić information content (AvgIpc) is 2.78. The quantitative estimate of drug-likeness (QED) is 0.791. The molecular formula is C24H31N7. The lowest BCUT2D eigenvalue weighted by Gasteiger charge is -2.35. The first-order valence-corrected chi connectivity index (χ1v) is 11.0. The van der Waals surface area contributed by atoms with E-state index in [0.717, 1.165) is 78.8 Å². The summed E-state index contributed by atoms with van der Waals surface area (Å²) in [5, 5.41) is 3.51. The minimum Gasteiger partial charge on any atom is -0.372 e. The maximum atomic E-state index is 5.07. The van der Waals surface area contributed by atoms with Crippen LogP contribution in [0.2, 0.25) is 0 Å². The molecule has 0 amide bonds. The number of pyridine rings is 2. The third-order valence-corrected chi connectivity index (χ3v) is 5.84. The number of nitrogens with zero attached hydrogens (tertiary/aromatic N) is 6. The van der Waals surface area contributed by atoms with Crippen LogP contribution in [-0.2, 0) is 0 Å². The second kappa shape index (κ2) is 9.29. The maximum absolute atomic E-state index is 5.07. The molecule has 0 fully saturated rings. The molecule has 162 valence electrons. The highest BCUT2D eigenvalue weighted by Crippen LogP contribution is 2.33. The SMILES string of the molecule is C=C(NC1CC(CC)=NC=N1)N1CCCCN(C)c2ccc(-c3ccc(C)nc3)nc21. The number of hydrogen-bond donors (Lipinski definition) is 1. The van der Waals surface area contributed by atoms with Crippen LogP contribution < -0.4 is 15.1 Å². The van der Waals surface area contributed by atoms with Crippen LogP contribution >= 0.6 is 0 Å². The van der Waals surface area contributed by atoms with Crippen LogP contribution in [-0.4, -0.2) is 48.3 Å². The van der Waals surface area contributed by atoms with Crippen LogP contribution in [0.15, 0.2) is 52.8 Å². The molecule has 1 atom stereocenters. The van der Waals surface area contributed by atoms with E-state index in [0.29, 0.717) is 0 Å². The molecule has 2 aliphatic rings. The Hall–Kier alpha value is -3.22. The Labute approximate surface area is 184 Å². The van der Waals surface area contributed by atoms with E-state index in [4.69, 9.17) is 4.98 Å². The van der Waals surface area contributed by atoms with Gasteiger partial charge in [-0.1, -0.05) is 13.5 Å². The van der Waals surface area contributed by atoms with Gasteiger partial charge in [-0.25, -0.2) is 15.0 Å². The number of anilines is 2. The topological polar surface area (TPSA) is 69.0 Å². The summed E-state index contributed by atoms with van der Waals surface area (Å²) in [6, 6.07) is 8.33. The van der Waals surface area contributed by atoms with Crippen molar-refractivity contribution in [2.24, 2.45) is 9.98 Å². The highest BCUT2D eigenvalue weighted by atomic mass is 15.3. The van der Waals surface area contributed by atoms with Gasteiger partial charge in [0.05, 0.1) is 11.4 Å². The zero-order valence-corrected chi connectivity index (χ0v) is 18.7. The lowest BCUT2D eigenvalue weighted by molar-refractivity contribution is 0.575. The molecule has 0 bridgehead atoms. The molecule has 7 heteroatoms. The first-order chi connectivity index (χ1) is 15.0. The molecule has 31 heavy (non-hydrogen) atoms. The molecule has 2 aliphatic heterocycles. The first-order valence-electron chi connectivity index (χ1n) is 11.0. The molecule has 2 aromatic rings. The van der Waals surface area contributed by atoms with Crippen LogP contribution in [0.5, 0.6) is 0 Å². The average molecular weight is 418 g/mol. The summed E-state index contributed by atoms with van der Waals surface area (Å²) < 4.78 is 0. The predicted molar refractivity (Wildman–Crippen MR) is 129 cm³/mol. The van der Waals surface area contributed by atoms with Gasteiger partial charge in [-0.05, 0) is 50.5 Å². The smallest absolute Gasteiger partial charge is 0.158 e. The summed E-state index contributed by atoms with van der Waals surface area (Å²) in [5.41, 5.74) is 5.18. The monoisotopic (exact) mass is 417 g/mol. The van der Waals surface area contributed by atoms with Gasteiger partial charge in [0.1, 0.15) is 18.3 Å². The van der Waals surface area contributed by atoms with E-state index in [1.165, 1.54) is 0 Å². The summed E-state index contributed by atoms with van der Waals surface area (Å²) in [6.45, 7) is 10.4. The molecule has 0 aliphatic carbocycles. The van der Waals surface area contributed by atoms with Gasteiger partial charge in [-0.2, -0.15) is 0 Å². The Morgan fingerprint density at radius 1 is 1.19 bits per heavy atom. The third-order valence-electron chi connectivity index (χ3n) is 5.84. The van der Waals surface area contributed by atoms with Crippen LogP contribution in [0, 0.1) is 6.92 Å². The van der Waals surface area contributed by atoms with Crippen molar-refractivity contribution < 1.29 is 0 Å². The second-order valence-electron chi connectivity index (χ2n) is 8.13. The molecule has 4 rings (SSSR count). The van der Waals surface area contributed by atoms with Gasteiger partial charge in [0.15, 0.2) is 5.82 Å². The molecule has 0 saturated heterocycles. The number of aromatic nitrogens is 2. The predicted octanol–water partition coefficient (Wildman–Crippen LogP) is 4.16. The van der Waals surface area contributed by atoms with E-state index < -0.39 is 0 Å². The summed E-state index contributed by atoms with van der Waals surface area (Å²) in [6.07, 6.45) is 7.42. The molecule has 0 aromatic carbocycles. The van der Waals surface area contributed by atoms with Crippen molar-refractivity contribution in [3.05, 3.63) is 48.6 Å². The normalized spacial score (nSPS) is 18.7. The van der Waals surface area contributed by atoms with Gasteiger partial charge in [0, 0.05) is 49.7 Å². The zero-order valence-electron chi connectivity index (χ0n) is 18.7. The van der Waals surface area contributed by atoms with Crippen LogP contribution in [0.1, 0.15) is 38.3 Å². The zero-order chi connectivity index (χ0) is 21.8. The van der Waals surface area contributed by atoms with Gasteiger partial charge in [-0.15, -0.1) is 0 Å². The molecule has 7 nitrogen and oxygen atoms in total. The van der Waals surface area contributed by atoms with E-state index in [2.05, 4.69) is 68.8 Å². The van der Waals surface area contributed by atoms with Crippen LogP contribution in [0.3, 0.4) is 0 Å². The van der Waals surface area contributed by atoms with Crippen molar-refractivity contribution in [1.29, 1.82) is 0 Å². The Morgan fingerprint density at radius 2 is 2.03 bits per heavy atom. The lowest BCUT2D eigenvalue weighted by Crippen LogP contribution is -2.40. The van der Waals surface area contributed by atoms with Crippen LogP contribution in [0.4, 0.5) is 11.5 Å². The van der Waals surface area contributed by atoms with Crippen molar-refractivity contribution >= 4 is 23.6 Å². The standard InChI is InChI=1S/C24H31N7/c1-5-20-14-23(27-16-26-20)28-18(3)31-13-7-6-12-30(4)22-11-10-21(29-24(22)31)19-9-8-17(2)25-15-19/h8-11,15-16,23,28H,3,5-7,12-14H2,1-2,4H3. The fourth-order valence-electron chi connectivity index (χ4n) is 3.94. The Bertz CT molecular complexity index is 993. The molecule has 0 saturated carbocycles. The highest BCUT2D eigenvalue weighted by Gasteiger charge is 2.23. The van der Waals surface area contributed by atoms with E-state index in [9.17, 15) is 0 Å². The lowest BCUT2D eigenvalue weighted by atomic mass is 10.1. The molecule has 1 N–H and O–H groups in total. The highest BCUT2D eigenvalue weighted by molar-refractivity contribution is 5.92. The van der Waals surface area contributed by atoms with Gasteiger partial charge in [0.2, 0.25) is 0 Å². The molecule has 0 spiro atoms. The largest absolute Gasteiger partial charge is 0.372 e. The molecule has 0 radical (unpaired) electrons. The number of nitrogens with one attached hydrogen (secondary N) is 1. The summed E-state index contributed by atoms with van der Waals surface area (Å²) in [7, 11) is 2.13. The molecule has 4 heterocycles. The Balaban J connectivity index is 1.65. The van der Waals surface area contributed by atoms with Crippen molar-refractivity contribution in [2.75, 3.05) is 29.9 Å². The molecule has 1 unspecified atom stereocenters. The van der Waals surface area contributed by atoms with Gasteiger partial charge >= 0.3 is 0 Å². The van der Waals surface area contributed by atoms with Gasteiger partial charge in [0.25, 0.3) is 0 Å². The van der Waals surface area contributed by atoms with Crippen molar-refractivity contribution in [2.45, 2.75) is 45.7 Å². The van der Waals surface area contributed by atoms with E-state index >= 15 is 0 Å². The van der Waals surface area contributed by atoms with Crippen molar-refractivity contribution in [3.8, 4) is 11.3 Å². The Morgan fingerprint density at radius 3 is 2.81 bits per heavy atom. The van der Waals surface area contributed by atoms with Crippen molar-refractivity contribution in [3.63, 3.8) is 0 Å². The number of hydrogen-bond acceptors (Lipinski definition) is 7. The van der Waals surface area contributed by atoms with Gasteiger partial charge < -0.3 is 15.1 Å². The number of rotatable bonds is 5. The third kappa shape index (κ3) is 4.76. The minimum atomic E-state index is -0.0453. The fraction of sp³-hybridized carbons (Fsp3) is 0.417. The molecular weight excluding hydrogens is 386 g/mol. The minimum absolute atomic E-state index is 0.0453. The molecule has 2 aromatic heterocycles. The number of fused-ring (bicyclic) bond motifs is 1. The summed E-state index contributed by atoms with van der Waals surface area (Å²) in [5.74, 6) is 1.74. The van der Waals surface area contributed by atoms with E-state index in [-0.39, 0.29) is 6.17 Å². The summed E-state index contributed by atoms with van der Waals surface area (Å²) in [4.78, 5) is 22.8. The second-order valence-corrected chi connectivity index (χ2v) is 8.13. The maximum Gasteiger partial charge on any atom is 0.158 e.